The molecular weight excluding hydrogens is 306 g/mol. The number of urea groups is 1. The van der Waals surface area contributed by atoms with Crippen LogP contribution in [0.4, 0.5) is 4.79 Å². The van der Waals surface area contributed by atoms with Crippen LogP contribution in [0.2, 0.25) is 0 Å². The topological polar surface area (TPSA) is 131 Å². The maximum absolute atomic E-state index is 12.0. The largest absolute Gasteiger partial charge is 0.370 e. The number of nitrogens with two attached hydrogens (primary N) is 2. The zero-order valence-electron chi connectivity index (χ0n) is 12.8. The molecule has 0 spiro atoms. The molecule has 0 aliphatic rings. The Morgan fingerprint density at radius 2 is 2.00 bits per heavy atom. The van der Waals surface area contributed by atoms with Crippen molar-refractivity contribution in [3.8, 4) is 0 Å². The summed E-state index contributed by atoms with van der Waals surface area (Å²) in [7, 11) is 1.56. The molecule has 4 amide bonds. The van der Waals surface area contributed by atoms with Crippen molar-refractivity contribution in [2.75, 3.05) is 7.05 Å². The molecule has 0 bridgehead atoms. The first-order valence-corrected chi connectivity index (χ1v) is 7.62. The van der Waals surface area contributed by atoms with Gasteiger partial charge in [0.25, 0.3) is 0 Å². The molecule has 5 N–H and O–H groups in total. The number of amides is 4. The highest BCUT2D eigenvalue weighted by Crippen LogP contribution is 2.19. The fraction of sp³-hybridized carbons (Fsp3) is 0.538. The Hall–Kier alpha value is -2.16. The summed E-state index contributed by atoms with van der Waals surface area (Å²) in [6.07, 6.45) is -0.330. The second-order valence-corrected chi connectivity index (χ2v) is 6.15. The quantitative estimate of drug-likeness (QED) is 0.657. The Kier molecular flexibility index (Phi) is 6.29. The molecule has 1 atom stereocenters. The molecule has 8 nitrogen and oxygen atoms in total. The van der Waals surface area contributed by atoms with Gasteiger partial charge in [-0.25, -0.2) is 9.78 Å². The highest BCUT2D eigenvalue weighted by atomic mass is 32.1. The minimum atomic E-state index is -1.12. The maximum Gasteiger partial charge on any atom is 0.318 e. The molecule has 1 aromatic rings. The van der Waals surface area contributed by atoms with Crippen LogP contribution in [-0.4, -0.2) is 40.8 Å². The first-order chi connectivity index (χ1) is 10.2. The number of aromatic nitrogens is 1. The predicted molar refractivity (Wildman–Crippen MR) is 83.0 cm³/mol. The summed E-state index contributed by atoms with van der Waals surface area (Å²) < 4.78 is 0. The van der Waals surface area contributed by atoms with E-state index in [-0.39, 0.29) is 13.0 Å². The first-order valence-electron chi connectivity index (χ1n) is 6.74. The molecule has 1 rings (SSSR count). The summed E-state index contributed by atoms with van der Waals surface area (Å²) >= 11 is 1.53. The van der Waals surface area contributed by atoms with Gasteiger partial charge < -0.3 is 21.7 Å². The molecule has 0 aliphatic heterocycles. The van der Waals surface area contributed by atoms with Crippen LogP contribution in [0.1, 0.15) is 36.9 Å². The monoisotopic (exact) mass is 327 g/mol. The van der Waals surface area contributed by atoms with E-state index in [0.29, 0.717) is 5.92 Å². The zero-order chi connectivity index (χ0) is 16.9. The van der Waals surface area contributed by atoms with Gasteiger partial charge in [-0.2, -0.15) is 0 Å². The smallest absolute Gasteiger partial charge is 0.318 e. The van der Waals surface area contributed by atoms with E-state index in [0.717, 1.165) is 10.7 Å². The van der Waals surface area contributed by atoms with Crippen molar-refractivity contribution >= 4 is 29.2 Å². The SMILES string of the molecule is CC(C)c1nc(CN(C)C(=O)NC(CC(N)=O)C(N)=O)cs1. The van der Waals surface area contributed by atoms with Crippen molar-refractivity contribution < 1.29 is 14.4 Å². The number of hydrogen-bond acceptors (Lipinski definition) is 5. The number of thiazole rings is 1. The Bertz CT molecular complexity index is 558. The lowest BCUT2D eigenvalue weighted by atomic mass is 10.2. The lowest BCUT2D eigenvalue weighted by molar-refractivity contribution is -0.124. The summed E-state index contributed by atoms with van der Waals surface area (Å²) in [5.41, 5.74) is 10.9. The van der Waals surface area contributed by atoms with E-state index in [1.165, 1.54) is 16.2 Å². The van der Waals surface area contributed by atoms with Crippen molar-refractivity contribution in [3.63, 3.8) is 0 Å². The van der Waals surface area contributed by atoms with Crippen LogP contribution in [0, 0.1) is 0 Å². The lowest BCUT2D eigenvalue weighted by Crippen LogP contribution is -2.50. The van der Waals surface area contributed by atoms with Crippen molar-refractivity contribution in [2.45, 2.75) is 38.8 Å². The molecule has 0 saturated carbocycles. The van der Waals surface area contributed by atoms with E-state index in [1.807, 2.05) is 19.2 Å². The third kappa shape index (κ3) is 5.32. The van der Waals surface area contributed by atoms with Gasteiger partial charge in [-0.05, 0) is 0 Å². The summed E-state index contributed by atoms with van der Waals surface area (Å²) in [5.74, 6) is -1.20. The number of nitrogens with one attached hydrogen (secondary N) is 1. The Morgan fingerprint density at radius 3 is 2.45 bits per heavy atom. The summed E-state index contributed by atoms with van der Waals surface area (Å²) in [4.78, 5) is 39.9. The minimum absolute atomic E-state index is 0.289. The Balaban J connectivity index is 2.63. The molecule has 0 aromatic carbocycles. The van der Waals surface area contributed by atoms with Crippen molar-refractivity contribution in [1.29, 1.82) is 0 Å². The summed E-state index contributed by atoms with van der Waals surface area (Å²) in [6.45, 7) is 4.37. The van der Waals surface area contributed by atoms with Crippen molar-refractivity contribution in [3.05, 3.63) is 16.1 Å². The number of rotatable bonds is 7. The van der Waals surface area contributed by atoms with Crippen LogP contribution in [0.15, 0.2) is 5.38 Å². The molecule has 1 heterocycles. The van der Waals surface area contributed by atoms with Crippen molar-refractivity contribution in [2.24, 2.45) is 11.5 Å². The molecular formula is C13H21N5O3S. The average Bonchev–Trinajstić information content (AvgIpc) is 2.85. The number of hydrogen-bond donors (Lipinski definition) is 3. The van der Waals surface area contributed by atoms with Crippen molar-refractivity contribution in [1.82, 2.24) is 15.2 Å². The molecule has 0 aliphatic carbocycles. The fourth-order valence-corrected chi connectivity index (χ4v) is 2.48. The minimum Gasteiger partial charge on any atom is -0.370 e. The van der Waals surface area contributed by atoms with E-state index < -0.39 is 23.9 Å². The molecule has 1 aromatic heterocycles. The van der Waals surface area contributed by atoms with Crippen LogP contribution < -0.4 is 16.8 Å². The maximum atomic E-state index is 12.0. The molecule has 0 saturated heterocycles. The van der Waals surface area contributed by atoms with E-state index in [2.05, 4.69) is 10.3 Å². The van der Waals surface area contributed by atoms with E-state index in [9.17, 15) is 14.4 Å². The molecule has 0 radical (unpaired) electrons. The first kappa shape index (κ1) is 17.9. The van der Waals surface area contributed by atoms with Crippen LogP contribution in [-0.2, 0) is 16.1 Å². The Labute approximate surface area is 132 Å². The van der Waals surface area contributed by atoms with Gasteiger partial charge in [0.15, 0.2) is 0 Å². The van der Waals surface area contributed by atoms with Gasteiger partial charge >= 0.3 is 6.03 Å². The summed E-state index contributed by atoms with van der Waals surface area (Å²) in [6, 6.07) is -1.64. The zero-order valence-corrected chi connectivity index (χ0v) is 13.6. The molecule has 0 fully saturated rings. The van der Waals surface area contributed by atoms with Crippen LogP contribution in [0.5, 0.6) is 0 Å². The number of primary amides is 2. The molecule has 122 valence electrons. The fourth-order valence-electron chi connectivity index (χ4n) is 1.66. The van der Waals surface area contributed by atoms with Gasteiger partial charge in [0, 0.05) is 18.3 Å². The van der Waals surface area contributed by atoms with Gasteiger partial charge in [0.2, 0.25) is 11.8 Å². The van der Waals surface area contributed by atoms with Gasteiger partial charge in [0.05, 0.1) is 23.7 Å². The average molecular weight is 327 g/mol. The summed E-state index contributed by atoms with van der Waals surface area (Å²) in [5, 5.41) is 5.26. The van der Waals surface area contributed by atoms with Gasteiger partial charge in [-0.15, -0.1) is 11.3 Å². The van der Waals surface area contributed by atoms with Crippen LogP contribution in [0.3, 0.4) is 0 Å². The number of carbonyl (C=O) groups is 3. The van der Waals surface area contributed by atoms with E-state index in [1.54, 1.807) is 7.05 Å². The lowest BCUT2D eigenvalue weighted by Gasteiger charge is -2.20. The third-order valence-corrected chi connectivity index (χ3v) is 4.05. The number of carbonyl (C=O) groups excluding carboxylic acids is 3. The van der Waals surface area contributed by atoms with Crippen LogP contribution in [0.25, 0.3) is 0 Å². The standard InChI is InChI=1S/C13H21N5O3S/c1-7(2)12-16-8(6-22-12)5-18(3)13(21)17-9(11(15)20)4-10(14)19/h6-7,9H,4-5H2,1-3H3,(H2,14,19)(H2,15,20)(H,17,21). The van der Waals surface area contributed by atoms with Gasteiger partial charge in [0.1, 0.15) is 6.04 Å². The van der Waals surface area contributed by atoms with Gasteiger partial charge in [-0.3, -0.25) is 9.59 Å². The second-order valence-electron chi connectivity index (χ2n) is 5.26. The van der Waals surface area contributed by atoms with Gasteiger partial charge in [-0.1, -0.05) is 13.8 Å². The molecule has 9 heteroatoms. The third-order valence-electron chi connectivity index (χ3n) is 2.86. The predicted octanol–water partition coefficient (Wildman–Crippen LogP) is 0.137. The Morgan fingerprint density at radius 1 is 1.36 bits per heavy atom. The van der Waals surface area contributed by atoms with E-state index >= 15 is 0 Å². The highest BCUT2D eigenvalue weighted by molar-refractivity contribution is 7.09. The molecule has 22 heavy (non-hydrogen) atoms. The van der Waals surface area contributed by atoms with Crippen LogP contribution >= 0.6 is 11.3 Å². The highest BCUT2D eigenvalue weighted by Gasteiger charge is 2.22. The van der Waals surface area contributed by atoms with E-state index in [4.69, 9.17) is 11.5 Å². The normalized spacial score (nSPS) is 12.0. The molecule has 1 unspecified atom stereocenters. The second kappa shape index (κ2) is 7.74. The number of nitrogens with zero attached hydrogens (tertiary/aromatic N) is 2.